The molecule has 3 heteroatoms. The van der Waals surface area contributed by atoms with Gasteiger partial charge in [-0.05, 0) is 67.3 Å². The van der Waals surface area contributed by atoms with Crippen molar-refractivity contribution in [2.24, 2.45) is 0 Å². The Kier molecular flexibility index (Phi) is 5.38. The molecule has 0 aliphatic carbocycles. The fraction of sp³-hybridized carbons (Fsp3) is 0.333. The molecule has 0 heterocycles. The Morgan fingerprint density at radius 1 is 1.14 bits per heavy atom. The molecule has 0 radical (unpaired) electrons. The first-order valence-corrected chi connectivity index (χ1v) is 7.64. The van der Waals surface area contributed by atoms with Gasteiger partial charge in [-0.3, -0.25) is 0 Å². The minimum absolute atomic E-state index is 0.135. The maximum atomic E-state index is 13.5. The highest BCUT2D eigenvalue weighted by Gasteiger charge is 2.17. The molecule has 0 aliphatic rings. The highest BCUT2D eigenvalue weighted by atomic mass is 35.5. The number of likely N-dealkylation sites (N-methyl/N-ethyl adjacent to an activating group) is 1. The van der Waals surface area contributed by atoms with Crippen LogP contribution < -0.4 is 5.32 Å². The van der Waals surface area contributed by atoms with Gasteiger partial charge in [-0.1, -0.05) is 36.7 Å². The molecule has 2 aromatic rings. The summed E-state index contributed by atoms with van der Waals surface area (Å²) in [5, 5.41) is 4.11. The first-order chi connectivity index (χ1) is 10.0. The minimum Gasteiger partial charge on any atom is -0.310 e. The third-order valence-electron chi connectivity index (χ3n) is 3.77. The third-order valence-corrected chi connectivity index (χ3v) is 4.14. The number of rotatable bonds is 5. The lowest BCUT2D eigenvalue weighted by Crippen LogP contribution is -2.24. The molecule has 1 atom stereocenters. The maximum absolute atomic E-state index is 13.5. The lowest BCUT2D eigenvalue weighted by atomic mass is 9.91. The number of hydrogen-bond donors (Lipinski definition) is 1. The van der Waals surface area contributed by atoms with E-state index in [1.807, 2.05) is 0 Å². The molecule has 0 spiro atoms. The SMILES string of the molecule is CCNC(Cc1cc(F)ccc1Cl)c1c(C)cccc1C. The van der Waals surface area contributed by atoms with E-state index in [9.17, 15) is 4.39 Å². The Labute approximate surface area is 131 Å². The molecule has 112 valence electrons. The van der Waals surface area contributed by atoms with Gasteiger partial charge < -0.3 is 5.32 Å². The predicted molar refractivity (Wildman–Crippen MR) is 87.4 cm³/mol. The van der Waals surface area contributed by atoms with Crippen LogP contribution in [0.1, 0.15) is 35.2 Å². The number of benzene rings is 2. The Hall–Kier alpha value is -1.38. The second-order valence-electron chi connectivity index (χ2n) is 5.36. The third kappa shape index (κ3) is 3.84. The Bertz CT molecular complexity index is 604. The van der Waals surface area contributed by atoms with E-state index in [1.165, 1.54) is 28.8 Å². The van der Waals surface area contributed by atoms with Crippen LogP contribution in [0.15, 0.2) is 36.4 Å². The van der Waals surface area contributed by atoms with Crippen LogP contribution in [0.25, 0.3) is 0 Å². The second-order valence-corrected chi connectivity index (χ2v) is 5.76. The highest BCUT2D eigenvalue weighted by molar-refractivity contribution is 6.31. The quantitative estimate of drug-likeness (QED) is 0.820. The van der Waals surface area contributed by atoms with E-state index in [-0.39, 0.29) is 11.9 Å². The van der Waals surface area contributed by atoms with Gasteiger partial charge in [-0.25, -0.2) is 4.39 Å². The molecule has 1 N–H and O–H groups in total. The van der Waals surface area contributed by atoms with E-state index in [0.717, 1.165) is 12.1 Å². The average molecular weight is 306 g/mol. The molecule has 0 fully saturated rings. The standard InChI is InChI=1S/C18H21ClFN/c1-4-21-17(18-12(2)6-5-7-13(18)3)11-14-10-15(20)8-9-16(14)19/h5-10,17,21H,4,11H2,1-3H3. The monoisotopic (exact) mass is 305 g/mol. The molecule has 0 aromatic heterocycles. The van der Waals surface area contributed by atoms with Gasteiger partial charge in [0, 0.05) is 11.1 Å². The molecule has 0 saturated carbocycles. The fourth-order valence-electron chi connectivity index (χ4n) is 2.82. The van der Waals surface area contributed by atoms with Crippen LogP contribution in [0.4, 0.5) is 4.39 Å². The smallest absolute Gasteiger partial charge is 0.123 e. The largest absolute Gasteiger partial charge is 0.310 e. The van der Waals surface area contributed by atoms with Gasteiger partial charge in [-0.2, -0.15) is 0 Å². The van der Waals surface area contributed by atoms with Gasteiger partial charge in [0.1, 0.15) is 5.82 Å². The van der Waals surface area contributed by atoms with Gasteiger partial charge in [0.15, 0.2) is 0 Å². The van der Waals surface area contributed by atoms with Crippen molar-refractivity contribution in [2.75, 3.05) is 6.54 Å². The van der Waals surface area contributed by atoms with Crippen LogP contribution in [-0.2, 0) is 6.42 Å². The molecular formula is C18H21ClFN. The number of hydrogen-bond acceptors (Lipinski definition) is 1. The van der Waals surface area contributed by atoms with E-state index >= 15 is 0 Å². The van der Waals surface area contributed by atoms with E-state index in [1.54, 1.807) is 6.07 Å². The van der Waals surface area contributed by atoms with Gasteiger partial charge in [-0.15, -0.1) is 0 Å². The van der Waals surface area contributed by atoms with E-state index < -0.39 is 0 Å². The molecule has 21 heavy (non-hydrogen) atoms. The van der Waals surface area contributed by atoms with Crippen molar-refractivity contribution in [3.05, 3.63) is 69.5 Å². The van der Waals surface area contributed by atoms with Crippen LogP contribution in [0, 0.1) is 19.7 Å². The average Bonchev–Trinajstić information content (AvgIpc) is 2.43. The zero-order chi connectivity index (χ0) is 15.4. The van der Waals surface area contributed by atoms with Crippen LogP contribution in [-0.4, -0.2) is 6.54 Å². The molecule has 2 aromatic carbocycles. The van der Waals surface area contributed by atoms with Gasteiger partial charge in [0.2, 0.25) is 0 Å². The lowest BCUT2D eigenvalue weighted by Gasteiger charge is -2.23. The van der Waals surface area contributed by atoms with Crippen LogP contribution >= 0.6 is 11.6 Å². The summed E-state index contributed by atoms with van der Waals surface area (Å²) in [5.74, 6) is -0.244. The molecule has 0 bridgehead atoms. The summed E-state index contributed by atoms with van der Waals surface area (Å²) in [5.41, 5.74) is 4.60. The second kappa shape index (κ2) is 7.06. The highest BCUT2D eigenvalue weighted by Crippen LogP contribution is 2.28. The zero-order valence-corrected chi connectivity index (χ0v) is 13.5. The Morgan fingerprint density at radius 3 is 2.43 bits per heavy atom. The summed E-state index contributed by atoms with van der Waals surface area (Å²) in [6.45, 7) is 7.15. The molecule has 0 amide bonds. The van der Waals surface area contributed by atoms with Crippen molar-refractivity contribution in [2.45, 2.75) is 33.2 Å². The van der Waals surface area contributed by atoms with E-state index in [0.29, 0.717) is 11.4 Å². The molecule has 0 saturated heterocycles. The predicted octanol–water partition coefficient (Wildman–Crippen LogP) is 4.99. The van der Waals surface area contributed by atoms with Crippen LogP contribution in [0.2, 0.25) is 5.02 Å². The maximum Gasteiger partial charge on any atom is 0.123 e. The summed E-state index contributed by atoms with van der Waals surface area (Å²) in [7, 11) is 0. The van der Waals surface area contributed by atoms with Crippen molar-refractivity contribution in [1.82, 2.24) is 5.32 Å². The van der Waals surface area contributed by atoms with Crippen LogP contribution in [0.5, 0.6) is 0 Å². The molecular weight excluding hydrogens is 285 g/mol. The minimum atomic E-state index is -0.244. The van der Waals surface area contributed by atoms with Crippen molar-refractivity contribution in [1.29, 1.82) is 0 Å². The topological polar surface area (TPSA) is 12.0 Å². The van der Waals surface area contributed by atoms with Crippen LogP contribution in [0.3, 0.4) is 0 Å². The molecule has 2 rings (SSSR count). The molecule has 0 aliphatic heterocycles. The zero-order valence-electron chi connectivity index (χ0n) is 12.7. The number of nitrogens with one attached hydrogen (secondary N) is 1. The number of halogens is 2. The lowest BCUT2D eigenvalue weighted by molar-refractivity contribution is 0.542. The normalized spacial score (nSPS) is 12.4. The summed E-state index contributed by atoms with van der Waals surface area (Å²) in [6, 6.07) is 11.0. The van der Waals surface area contributed by atoms with Crippen molar-refractivity contribution >= 4 is 11.6 Å². The van der Waals surface area contributed by atoms with Gasteiger partial charge in [0.05, 0.1) is 0 Å². The first kappa shape index (κ1) is 16.0. The van der Waals surface area contributed by atoms with Crippen molar-refractivity contribution in [3.63, 3.8) is 0 Å². The van der Waals surface area contributed by atoms with Crippen molar-refractivity contribution < 1.29 is 4.39 Å². The van der Waals surface area contributed by atoms with Gasteiger partial charge >= 0.3 is 0 Å². The molecule has 1 nitrogen and oxygen atoms in total. The Balaban J connectivity index is 2.38. The van der Waals surface area contributed by atoms with E-state index in [4.69, 9.17) is 11.6 Å². The summed E-state index contributed by atoms with van der Waals surface area (Å²) in [4.78, 5) is 0. The number of aryl methyl sites for hydroxylation is 2. The molecule has 1 unspecified atom stereocenters. The van der Waals surface area contributed by atoms with Crippen molar-refractivity contribution in [3.8, 4) is 0 Å². The summed E-state index contributed by atoms with van der Waals surface area (Å²) in [6.07, 6.45) is 0.677. The van der Waals surface area contributed by atoms with Gasteiger partial charge in [0.25, 0.3) is 0 Å². The summed E-state index contributed by atoms with van der Waals surface area (Å²) >= 11 is 6.21. The Morgan fingerprint density at radius 2 is 1.81 bits per heavy atom. The summed E-state index contributed by atoms with van der Waals surface area (Å²) < 4.78 is 13.5. The first-order valence-electron chi connectivity index (χ1n) is 7.26. The van der Waals surface area contributed by atoms with E-state index in [2.05, 4.69) is 44.3 Å². The fourth-order valence-corrected chi connectivity index (χ4v) is 3.01.